The molecule has 0 saturated heterocycles. The Morgan fingerprint density at radius 1 is 1.50 bits per heavy atom. The number of hydrogen-bond acceptors (Lipinski definition) is 2. The van der Waals surface area contributed by atoms with E-state index in [-0.39, 0.29) is 15.4 Å². The highest BCUT2D eigenvalue weighted by molar-refractivity contribution is 9.10. The van der Waals surface area contributed by atoms with Gasteiger partial charge in [0, 0.05) is 0 Å². The van der Waals surface area contributed by atoms with Gasteiger partial charge in [-0.1, -0.05) is 27.5 Å². The molecule has 0 radical (unpaired) electrons. The topological polar surface area (TPSA) is 46.2 Å². The van der Waals surface area contributed by atoms with Crippen LogP contribution < -0.4 is 4.72 Å². The van der Waals surface area contributed by atoms with Crippen molar-refractivity contribution in [2.75, 3.05) is 9.38 Å². The van der Waals surface area contributed by atoms with E-state index in [0.29, 0.717) is 0 Å². The Bertz CT molecular complexity index is 437. The maximum Gasteiger partial charge on any atom is 0.242 e. The van der Waals surface area contributed by atoms with Gasteiger partial charge < -0.3 is 0 Å². The van der Waals surface area contributed by atoms with Crippen LogP contribution in [0.2, 0.25) is 5.02 Å². The molecule has 1 rings (SSSR count). The Balaban J connectivity index is 2.94. The van der Waals surface area contributed by atoms with Gasteiger partial charge in [-0.15, -0.1) is 0 Å². The highest BCUT2D eigenvalue weighted by Crippen LogP contribution is 2.20. The van der Waals surface area contributed by atoms with Crippen LogP contribution in [0.25, 0.3) is 0 Å². The van der Waals surface area contributed by atoms with Crippen molar-refractivity contribution in [3.8, 4) is 0 Å². The molecule has 0 aliphatic heterocycles. The van der Waals surface area contributed by atoms with Crippen LogP contribution in [0.4, 0.5) is 10.1 Å². The first-order valence-electron chi connectivity index (χ1n) is 3.46. The maximum atomic E-state index is 12.7. The minimum absolute atomic E-state index is 0.125. The average molecular weight is 303 g/mol. The minimum Gasteiger partial charge on any atom is -0.283 e. The lowest BCUT2D eigenvalue weighted by Gasteiger charge is -2.05. The van der Waals surface area contributed by atoms with Crippen LogP contribution in [-0.4, -0.2) is 13.1 Å². The minimum atomic E-state index is -3.42. The molecule has 1 aromatic carbocycles. The maximum absolute atomic E-state index is 12.7. The zero-order valence-electron chi connectivity index (χ0n) is 6.80. The van der Waals surface area contributed by atoms with E-state index in [0.717, 1.165) is 6.07 Å². The van der Waals surface area contributed by atoms with E-state index in [1.165, 1.54) is 12.1 Å². The number of halogens is 3. The summed E-state index contributed by atoms with van der Waals surface area (Å²) in [6.07, 6.45) is 0. The number of benzene rings is 1. The number of sulfonamides is 1. The predicted molar refractivity (Wildman–Crippen MR) is 57.7 cm³/mol. The largest absolute Gasteiger partial charge is 0.283 e. The summed E-state index contributed by atoms with van der Waals surface area (Å²) in [6.45, 7) is 0. The van der Waals surface area contributed by atoms with E-state index in [2.05, 4.69) is 20.7 Å². The van der Waals surface area contributed by atoms with Gasteiger partial charge in [0.05, 0.1) is 10.7 Å². The van der Waals surface area contributed by atoms with Gasteiger partial charge in [0.25, 0.3) is 0 Å². The van der Waals surface area contributed by atoms with Gasteiger partial charge in [-0.25, -0.2) is 12.8 Å². The zero-order chi connectivity index (χ0) is 10.8. The molecule has 7 heteroatoms. The summed E-state index contributed by atoms with van der Waals surface area (Å²) in [6, 6.07) is 3.59. The molecule has 1 N–H and O–H groups in total. The van der Waals surface area contributed by atoms with Crippen LogP contribution in [-0.2, 0) is 10.0 Å². The molecule has 78 valence electrons. The molecule has 3 nitrogen and oxygen atoms in total. The predicted octanol–water partition coefficient (Wildman–Crippen LogP) is 2.57. The normalized spacial score (nSPS) is 11.4. The molecule has 0 aliphatic rings. The second-order valence-corrected chi connectivity index (χ2v) is 5.89. The van der Waals surface area contributed by atoms with Gasteiger partial charge in [-0.3, -0.25) is 4.72 Å². The van der Waals surface area contributed by atoms with Crippen molar-refractivity contribution in [2.24, 2.45) is 0 Å². The quantitative estimate of drug-likeness (QED) is 0.872. The van der Waals surface area contributed by atoms with Crippen LogP contribution in [0.1, 0.15) is 0 Å². The molecular weight excluding hydrogens is 297 g/mol. The molecule has 0 saturated carbocycles. The Hall–Kier alpha value is -0.330. The van der Waals surface area contributed by atoms with E-state index < -0.39 is 15.8 Å². The van der Waals surface area contributed by atoms with E-state index in [4.69, 9.17) is 11.6 Å². The molecule has 0 spiro atoms. The molecular formula is C7H6BrClFNO2S. The van der Waals surface area contributed by atoms with E-state index in [1.54, 1.807) is 0 Å². The fraction of sp³-hybridized carbons (Fsp3) is 0.143. The van der Waals surface area contributed by atoms with Gasteiger partial charge >= 0.3 is 0 Å². The monoisotopic (exact) mass is 301 g/mol. The summed E-state index contributed by atoms with van der Waals surface area (Å²) >= 11 is 8.27. The third-order valence-electron chi connectivity index (χ3n) is 1.34. The lowest BCUT2D eigenvalue weighted by Crippen LogP contribution is -2.13. The number of nitrogens with one attached hydrogen (secondary N) is 1. The van der Waals surface area contributed by atoms with Crippen molar-refractivity contribution in [1.82, 2.24) is 0 Å². The smallest absolute Gasteiger partial charge is 0.242 e. The number of hydrogen-bond donors (Lipinski definition) is 1. The standard InChI is InChI=1S/C7H6BrClFNO2S/c8-4-14(12,13)11-5-1-2-7(10)6(9)3-5/h1-3,11H,4H2. The Kier molecular flexibility index (Phi) is 3.74. The third kappa shape index (κ3) is 3.11. The lowest BCUT2D eigenvalue weighted by atomic mass is 10.3. The van der Waals surface area contributed by atoms with Crippen molar-refractivity contribution in [3.63, 3.8) is 0 Å². The zero-order valence-corrected chi connectivity index (χ0v) is 9.96. The van der Waals surface area contributed by atoms with Crippen LogP contribution in [0.3, 0.4) is 0 Å². The molecule has 0 aromatic heterocycles. The van der Waals surface area contributed by atoms with Crippen molar-refractivity contribution < 1.29 is 12.8 Å². The Morgan fingerprint density at radius 3 is 2.64 bits per heavy atom. The molecule has 0 aliphatic carbocycles. The van der Waals surface area contributed by atoms with Crippen LogP contribution in [0.5, 0.6) is 0 Å². The summed E-state index contributed by atoms with van der Waals surface area (Å²) < 4.78 is 36.8. The molecule has 0 bridgehead atoms. The van der Waals surface area contributed by atoms with Crippen molar-refractivity contribution in [3.05, 3.63) is 29.0 Å². The van der Waals surface area contributed by atoms with Gasteiger partial charge in [0.2, 0.25) is 10.0 Å². The summed E-state index contributed by atoms with van der Waals surface area (Å²) in [5.41, 5.74) is 0.232. The summed E-state index contributed by atoms with van der Waals surface area (Å²) in [5.74, 6) is -0.589. The molecule has 0 heterocycles. The molecule has 0 atom stereocenters. The Morgan fingerprint density at radius 2 is 2.14 bits per heavy atom. The average Bonchev–Trinajstić information content (AvgIpc) is 2.11. The number of alkyl halides is 1. The van der Waals surface area contributed by atoms with E-state index in [9.17, 15) is 12.8 Å². The van der Waals surface area contributed by atoms with Crippen LogP contribution >= 0.6 is 27.5 Å². The molecule has 14 heavy (non-hydrogen) atoms. The van der Waals surface area contributed by atoms with Gasteiger partial charge in [0.1, 0.15) is 10.5 Å². The summed E-state index contributed by atoms with van der Waals surface area (Å²) in [4.78, 5) is 0. The number of rotatable bonds is 3. The SMILES string of the molecule is O=S(=O)(CBr)Nc1ccc(F)c(Cl)c1. The van der Waals surface area contributed by atoms with Crippen molar-refractivity contribution >= 4 is 43.2 Å². The highest BCUT2D eigenvalue weighted by Gasteiger charge is 2.08. The lowest BCUT2D eigenvalue weighted by molar-refractivity contribution is 0.605. The number of anilines is 1. The highest BCUT2D eigenvalue weighted by atomic mass is 79.9. The molecule has 0 fully saturated rings. The van der Waals surface area contributed by atoms with Crippen molar-refractivity contribution in [1.29, 1.82) is 0 Å². The van der Waals surface area contributed by atoms with Gasteiger partial charge in [0.15, 0.2) is 0 Å². The first-order valence-corrected chi connectivity index (χ1v) is 6.61. The fourth-order valence-electron chi connectivity index (χ4n) is 0.766. The summed E-state index contributed by atoms with van der Waals surface area (Å²) in [7, 11) is -3.42. The van der Waals surface area contributed by atoms with Crippen LogP contribution in [0.15, 0.2) is 18.2 Å². The molecule has 1 aromatic rings. The first-order chi connectivity index (χ1) is 6.44. The van der Waals surface area contributed by atoms with Crippen LogP contribution in [0, 0.1) is 5.82 Å². The molecule has 0 unspecified atom stereocenters. The fourth-order valence-corrected chi connectivity index (χ4v) is 1.83. The first kappa shape index (κ1) is 11.7. The Labute approximate surface area is 94.4 Å². The molecule has 0 amide bonds. The second kappa shape index (κ2) is 4.46. The third-order valence-corrected chi connectivity index (χ3v) is 4.27. The van der Waals surface area contributed by atoms with Gasteiger partial charge in [-0.2, -0.15) is 0 Å². The van der Waals surface area contributed by atoms with E-state index >= 15 is 0 Å². The second-order valence-electron chi connectivity index (χ2n) is 2.45. The van der Waals surface area contributed by atoms with Crippen molar-refractivity contribution in [2.45, 2.75) is 0 Å². The van der Waals surface area contributed by atoms with E-state index in [1.807, 2.05) is 0 Å². The van der Waals surface area contributed by atoms with Gasteiger partial charge in [-0.05, 0) is 18.2 Å². The summed E-state index contributed by atoms with van der Waals surface area (Å²) in [5, 5.41) is -0.125.